The first kappa shape index (κ1) is 13.7. The first-order chi connectivity index (χ1) is 9.20. The Hall–Kier alpha value is -1.76. The van der Waals surface area contributed by atoms with Crippen LogP contribution in [0.3, 0.4) is 0 Å². The molecule has 98 valence electrons. The van der Waals surface area contributed by atoms with Crippen molar-refractivity contribution >= 4 is 17.0 Å². The highest BCUT2D eigenvalue weighted by molar-refractivity contribution is 7.10. The average molecular weight is 270 g/mol. The van der Waals surface area contributed by atoms with Gasteiger partial charge < -0.3 is 10.6 Å². The fourth-order valence-electron chi connectivity index (χ4n) is 1.99. The van der Waals surface area contributed by atoms with Crippen LogP contribution in [-0.4, -0.2) is 13.6 Å². The third kappa shape index (κ3) is 3.60. The summed E-state index contributed by atoms with van der Waals surface area (Å²) in [5.41, 5.74) is 9.00. The second-order valence-electron chi connectivity index (χ2n) is 4.45. The molecule has 0 atom stereocenters. The van der Waals surface area contributed by atoms with Crippen molar-refractivity contribution in [1.29, 1.82) is 0 Å². The maximum Gasteiger partial charge on any atom is 0.0555 e. The minimum atomic E-state index is 0.411. The number of hydrogen-bond acceptors (Lipinski definition) is 3. The first-order valence-corrected chi connectivity index (χ1v) is 7.12. The third-order valence-electron chi connectivity index (χ3n) is 2.91. The Morgan fingerprint density at radius 3 is 2.84 bits per heavy atom. The van der Waals surface area contributed by atoms with Gasteiger partial charge in [-0.3, -0.25) is 0 Å². The largest absolute Gasteiger partial charge is 0.369 e. The number of rotatable bonds is 3. The van der Waals surface area contributed by atoms with Gasteiger partial charge in [-0.25, -0.2) is 0 Å². The highest BCUT2D eigenvalue weighted by Crippen LogP contribution is 2.22. The van der Waals surface area contributed by atoms with Gasteiger partial charge >= 0.3 is 0 Å². The van der Waals surface area contributed by atoms with Crippen LogP contribution in [0, 0.1) is 18.8 Å². The topological polar surface area (TPSA) is 29.3 Å². The number of hydrogen-bond donors (Lipinski definition) is 1. The number of nitrogens with two attached hydrogens (primary N) is 1. The van der Waals surface area contributed by atoms with Crippen molar-refractivity contribution in [1.82, 2.24) is 0 Å². The first-order valence-electron chi connectivity index (χ1n) is 6.24. The number of nitrogens with zero attached hydrogens (tertiary/aromatic N) is 1. The molecule has 0 saturated heterocycles. The van der Waals surface area contributed by atoms with E-state index in [2.05, 4.69) is 66.4 Å². The lowest BCUT2D eigenvalue weighted by Crippen LogP contribution is -2.16. The third-order valence-corrected chi connectivity index (χ3v) is 3.83. The Morgan fingerprint density at radius 2 is 2.11 bits per heavy atom. The maximum atomic E-state index is 5.38. The van der Waals surface area contributed by atoms with Crippen molar-refractivity contribution < 1.29 is 0 Å². The summed E-state index contributed by atoms with van der Waals surface area (Å²) in [4.78, 5) is 3.58. The molecule has 2 rings (SSSR count). The summed E-state index contributed by atoms with van der Waals surface area (Å²) in [5.74, 6) is 5.95. The van der Waals surface area contributed by atoms with Crippen molar-refractivity contribution in [3.8, 4) is 11.8 Å². The summed E-state index contributed by atoms with van der Waals surface area (Å²) in [6.45, 7) is 3.45. The Kier molecular flexibility index (Phi) is 4.62. The summed E-state index contributed by atoms with van der Waals surface area (Å²) in [6, 6.07) is 10.6. The lowest BCUT2D eigenvalue weighted by atomic mass is 10.2. The fraction of sp³-hybridized carbons (Fsp3) is 0.250. The SMILES string of the molecule is Cc1ccccc1N(C)Cc1cc(C#CCN)cs1. The number of anilines is 1. The van der Waals surface area contributed by atoms with Gasteiger partial charge in [0.25, 0.3) is 0 Å². The maximum absolute atomic E-state index is 5.38. The van der Waals surface area contributed by atoms with E-state index in [0.717, 1.165) is 12.1 Å². The molecule has 0 spiro atoms. The number of benzene rings is 1. The van der Waals surface area contributed by atoms with E-state index in [-0.39, 0.29) is 0 Å². The van der Waals surface area contributed by atoms with Crippen LogP contribution in [0.25, 0.3) is 0 Å². The van der Waals surface area contributed by atoms with Crippen molar-refractivity contribution in [2.24, 2.45) is 5.73 Å². The lowest BCUT2D eigenvalue weighted by Gasteiger charge is -2.20. The van der Waals surface area contributed by atoms with Crippen LogP contribution in [0.2, 0.25) is 0 Å². The van der Waals surface area contributed by atoms with Crippen LogP contribution in [0.5, 0.6) is 0 Å². The number of para-hydroxylation sites is 1. The van der Waals surface area contributed by atoms with Gasteiger partial charge in [-0.2, -0.15) is 0 Å². The highest BCUT2D eigenvalue weighted by atomic mass is 32.1. The molecule has 3 heteroatoms. The Bertz CT molecular complexity index is 604. The summed E-state index contributed by atoms with van der Waals surface area (Å²) >= 11 is 1.74. The van der Waals surface area contributed by atoms with Crippen LogP contribution >= 0.6 is 11.3 Å². The van der Waals surface area contributed by atoms with E-state index >= 15 is 0 Å². The summed E-state index contributed by atoms with van der Waals surface area (Å²) in [6.07, 6.45) is 0. The molecule has 0 unspecified atom stereocenters. The van der Waals surface area contributed by atoms with Crippen LogP contribution in [0.15, 0.2) is 35.7 Å². The zero-order valence-electron chi connectivity index (χ0n) is 11.3. The van der Waals surface area contributed by atoms with E-state index in [1.807, 2.05) is 0 Å². The monoisotopic (exact) mass is 270 g/mol. The molecule has 0 aliphatic carbocycles. The molecular weight excluding hydrogens is 252 g/mol. The molecule has 1 aromatic heterocycles. The van der Waals surface area contributed by atoms with Gasteiger partial charge in [-0.1, -0.05) is 30.0 Å². The van der Waals surface area contributed by atoms with Gasteiger partial charge in [0, 0.05) is 28.6 Å². The van der Waals surface area contributed by atoms with E-state index < -0.39 is 0 Å². The molecule has 2 N–H and O–H groups in total. The van der Waals surface area contributed by atoms with Gasteiger partial charge in [0.2, 0.25) is 0 Å². The molecule has 0 bridgehead atoms. The Balaban J connectivity index is 2.09. The summed E-state index contributed by atoms with van der Waals surface area (Å²) in [7, 11) is 2.12. The Morgan fingerprint density at radius 1 is 1.32 bits per heavy atom. The van der Waals surface area contributed by atoms with Crippen molar-refractivity contribution in [3.05, 3.63) is 51.7 Å². The number of thiophene rings is 1. The molecule has 19 heavy (non-hydrogen) atoms. The highest BCUT2D eigenvalue weighted by Gasteiger charge is 2.06. The predicted octanol–water partition coefficient (Wildman–Crippen LogP) is 3.00. The smallest absolute Gasteiger partial charge is 0.0555 e. The molecule has 2 nitrogen and oxygen atoms in total. The zero-order valence-corrected chi connectivity index (χ0v) is 12.1. The minimum absolute atomic E-state index is 0.411. The fourth-order valence-corrected chi connectivity index (χ4v) is 2.86. The van der Waals surface area contributed by atoms with E-state index in [1.54, 1.807) is 11.3 Å². The predicted molar refractivity (Wildman–Crippen MR) is 83.5 cm³/mol. The molecule has 1 aromatic carbocycles. The summed E-state index contributed by atoms with van der Waals surface area (Å²) in [5, 5.41) is 2.09. The Labute approximate surface area is 118 Å². The molecule has 0 radical (unpaired) electrons. The molecule has 0 amide bonds. The van der Waals surface area contributed by atoms with Crippen molar-refractivity contribution in [3.63, 3.8) is 0 Å². The van der Waals surface area contributed by atoms with Crippen molar-refractivity contribution in [2.75, 3.05) is 18.5 Å². The van der Waals surface area contributed by atoms with Gasteiger partial charge in [-0.05, 0) is 24.6 Å². The van der Waals surface area contributed by atoms with E-state index in [4.69, 9.17) is 5.73 Å². The van der Waals surface area contributed by atoms with E-state index in [1.165, 1.54) is 16.1 Å². The normalized spacial score (nSPS) is 9.84. The molecule has 0 aliphatic rings. The van der Waals surface area contributed by atoms with Gasteiger partial charge in [0.15, 0.2) is 0 Å². The average Bonchev–Trinajstić information content (AvgIpc) is 2.84. The second-order valence-corrected chi connectivity index (χ2v) is 5.45. The van der Waals surface area contributed by atoms with Gasteiger partial charge in [-0.15, -0.1) is 11.3 Å². The zero-order chi connectivity index (χ0) is 13.7. The molecule has 1 heterocycles. The molecule has 0 aliphatic heterocycles. The van der Waals surface area contributed by atoms with E-state index in [0.29, 0.717) is 6.54 Å². The standard InChI is InChI=1S/C16H18N2S/c1-13-6-3-4-8-16(13)18(2)11-15-10-14(12-19-15)7-5-9-17/h3-4,6,8,10,12H,9,11,17H2,1-2H3. The van der Waals surface area contributed by atoms with Crippen LogP contribution in [0.4, 0.5) is 5.69 Å². The second kappa shape index (κ2) is 6.42. The van der Waals surface area contributed by atoms with Gasteiger partial charge in [0.05, 0.1) is 13.1 Å². The minimum Gasteiger partial charge on any atom is -0.369 e. The quantitative estimate of drug-likeness (QED) is 0.869. The molecule has 0 saturated carbocycles. The van der Waals surface area contributed by atoms with Crippen LogP contribution < -0.4 is 10.6 Å². The van der Waals surface area contributed by atoms with Crippen LogP contribution in [0.1, 0.15) is 16.0 Å². The van der Waals surface area contributed by atoms with Crippen LogP contribution in [-0.2, 0) is 6.54 Å². The lowest BCUT2D eigenvalue weighted by molar-refractivity contribution is 0.934. The molecular formula is C16H18N2S. The van der Waals surface area contributed by atoms with E-state index in [9.17, 15) is 0 Å². The summed E-state index contributed by atoms with van der Waals surface area (Å²) < 4.78 is 0. The van der Waals surface area contributed by atoms with Gasteiger partial charge in [0.1, 0.15) is 0 Å². The number of aryl methyl sites for hydroxylation is 1. The molecule has 0 fully saturated rings. The van der Waals surface area contributed by atoms with Crippen molar-refractivity contribution in [2.45, 2.75) is 13.5 Å². The molecule has 2 aromatic rings.